The zero-order valence-corrected chi connectivity index (χ0v) is 19.5. The lowest BCUT2D eigenvalue weighted by Crippen LogP contribution is -2.40. The Balaban J connectivity index is 1.33. The quantitative estimate of drug-likeness (QED) is 0.242. The van der Waals surface area contributed by atoms with Gasteiger partial charge in [-0.3, -0.25) is 4.79 Å². The lowest BCUT2D eigenvalue weighted by Gasteiger charge is -2.15. The van der Waals surface area contributed by atoms with Crippen LogP contribution >= 0.6 is 0 Å². The Hall–Kier alpha value is -3.89. The Labute approximate surface area is 202 Å². The minimum absolute atomic E-state index is 0.0398. The predicted molar refractivity (Wildman–Crippen MR) is 133 cm³/mol. The maximum Gasteiger partial charge on any atom is 0.321 e. The highest BCUT2D eigenvalue weighted by Crippen LogP contribution is 2.30. The van der Waals surface area contributed by atoms with Gasteiger partial charge in [-0.05, 0) is 55.7 Å². The number of carboxylic acids is 1. The molecular weight excluding hydrogens is 470 g/mol. The molecule has 9 nitrogen and oxygen atoms in total. The number of aliphatic carboxylic acids is 1. The molecule has 35 heavy (non-hydrogen) atoms. The number of furan rings is 1. The zero-order valence-electron chi connectivity index (χ0n) is 18.7. The van der Waals surface area contributed by atoms with E-state index in [1.165, 1.54) is 12.1 Å². The van der Waals surface area contributed by atoms with Crippen LogP contribution in [0, 0.1) is 0 Å². The summed E-state index contributed by atoms with van der Waals surface area (Å²) in [5.41, 5.74) is 1.84. The van der Waals surface area contributed by atoms with Crippen molar-refractivity contribution in [3.05, 3.63) is 72.8 Å². The second kappa shape index (κ2) is 10.6. The molecule has 0 bridgehead atoms. The van der Waals surface area contributed by atoms with Gasteiger partial charge in [0.2, 0.25) is 10.0 Å². The fourth-order valence-corrected chi connectivity index (χ4v) is 4.98. The van der Waals surface area contributed by atoms with Gasteiger partial charge in [0.1, 0.15) is 17.2 Å². The normalized spacial score (nSPS) is 12.5. The van der Waals surface area contributed by atoms with Crippen LogP contribution in [0.25, 0.3) is 21.9 Å². The third kappa shape index (κ3) is 5.97. The standard InChI is InChI=1S/C25H25N3O6S/c29-24(30)21(11-6-7-15-26-25(31)27-17-8-2-1-3-9-17)28-35(32,33)18-13-14-23-20(16-18)19-10-4-5-12-22(19)34-23/h1-5,8-10,12-14,16,21,28H,6-7,11,15H2,(H,29,30)(H2,26,27,31). The first-order valence-corrected chi connectivity index (χ1v) is 12.6. The average Bonchev–Trinajstić information content (AvgIpc) is 3.21. The first kappa shape index (κ1) is 24.2. The number of rotatable bonds is 10. The summed E-state index contributed by atoms with van der Waals surface area (Å²) in [6.45, 7) is 0.321. The van der Waals surface area contributed by atoms with Gasteiger partial charge in [0.15, 0.2) is 0 Å². The maximum atomic E-state index is 12.9. The van der Waals surface area contributed by atoms with Gasteiger partial charge in [-0.25, -0.2) is 13.2 Å². The van der Waals surface area contributed by atoms with Gasteiger partial charge in [0.25, 0.3) is 0 Å². The highest BCUT2D eigenvalue weighted by molar-refractivity contribution is 7.89. The Kier molecular flexibility index (Phi) is 7.33. The molecule has 10 heteroatoms. The van der Waals surface area contributed by atoms with E-state index < -0.39 is 22.0 Å². The van der Waals surface area contributed by atoms with Gasteiger partial charge < -0.3 is 20.2 Å². The van der Waals surface area contributed by atoms with Crippen molar-refractivity contribution < 1.29 is 27.5 Å². The van der Waals surface area contributed by atoms with Crippen LogP contribution < -0.4 is 15.4 Å². The zero-order chi connectivity index (χ0) is 24.8. The van der Waals surface area contributed by atoms with Crippen LogP contribution in [0.1, 0.15) is 19.3 Å². The van der Waals surface area contributed by atoms with E-state index >= 15 is 0 Å². The smallest absolute Gasteiger partial charge is 0.321 e. The molecule has 4 aromatic rings. The number of para-hydroxylation sites is 2. The van der Waals surface area contributed by atoms with Crippen LogP contribution in [0.15, 0.2) is 82.1 Å². The summed E-state index contributed by atoms with van der Waals surface area (Å²) in [7, 11) is -4.09. The summed E-state index contributed by atoms with van der Waals surface area (Å²) < 4.78 is 33.9. The molecule has 0 saturated heterocycles. The molecule has 0 aliphatic heterocycles. The van der Waals surface area contributed by atoms with Crippen molar-refractivity contribution in [3.63, 3.8) is 0 Å². The summed E-state index contributed by atoms with van der Waals surface area (Å²) in [5, 5.41) is 16.3. The number of benzene rings is 3. The number of unbranched alkanes of at least 4 members (excludes halogenated alkanes) is 1. The molecule has 0 saturated carbocycles. The number of hydrogen-bond donors (Lipinski definition) is 4. The molecular formula is C25H25N3O6S. The number of nitrogens with one attached hydrogen (secondary N) is 3. The number of amides is 2. The van der Waals surface area contributed by atoms with Crippen molar-refractivity contribution in [2.75, 3.05) is 11.9 Å². The van der Waals surface area contributed by atoms with E-state index in [0.717, 1.165) is 5.39 Å². The molecule has 182 valence electrons. The number of urea groups is 1. The van der Waals surface area contributed by atoms with E-state index in [2.05, 4.69) is 15.4 Å². The van der Waals surface area contributed by atoms with Gasteiger partial charge >= 0.3 is 12.0 Å². The van der Waals surface area contributed by atoms with E-state index in [4.69, 9.17) is 4.42 Å². The molecule has 1 heterocycles. The van der Waals surface area contributed by atoms with E-state index in [-0.39, 0.29) is 17.3 Å². The van der Waals surface area contributed by atoms with E-state index in [9.17, 15) is 23.1 Å². The van der Waals surface area contributed by atoms with Gasteiger partial charge in [0, 0.05) is 23.0 Å². The molecule has 1 atom stereocenters. The van der Waals surface area contributed by atoms with Crippen LogP contribution in [0.3, 0.4) is 0 Å². The number of carboxylic acid groups (broad SMARTS) is 1. The maximum absolute atomic E-state index is 12.9. The Morgan fingerprint density at radius 2 is 1.60 bits per heavy atom. The highest BCUT2D eigenvalue weighted by atomic mass is 32.2. The molecule has 2 amide bonds. The summed E-state index contributed by atoms with van der Waals surface area (Å²) >= 11 is 0. The molecule has 3 aromatic carbocycles. The van der Waals surface area contributed by atoms with Crippen LogP contribution in [0.5, 0.6) is 0 Å². The minimum Gasteiger partial charge on any atom is -0.480 e. The third-order valence-electron chi connectivity index (χ3n) is 5.49. The first-order chi connectivity index (χ1) is 16.8. The highest BCUT2D eigenvalue weighted by Gasteiger charge is 2.25. The molecule has 4 N–H and O–H groups in total. The summed E-state index contributed by atoms with van der Waals surface area (Å²) in [6, 6.07) is 19.0. The third-order valence-corrected chi connectivity index (χ3v) is 6.96. The van der Waals surface area contributed by atoms with Crippen molar-refractivity contribution in [2.45, 2.75) is 30.2 Å². The summed E-state index contributed by atoms with van der Waals surface area (Å²) in [4.78, 5) is 23.6. The molecule has 0 fully saturated rings. The molecule has 0 spiro atoms. The number of hydrogen-bond acceptors (Lipinski definition) is 5. The van der Waals surface area contributed by atoms with Gasteiger partial charge in [-0.2, -0.15) is 4.72 Å². The van der Waals surface area contributed by atoms with E-state index in [1.54, 1.807) is 36.4 Å². The second-order valence-corrected chi connectivity index (χ2v) is 9.72. The number of carbonyl (C=O) groups excluding carboxylic acids is 1. The first-order valence-electron chi connectivity index (χ1n) is 11.1. The SMILES string of the molecule is O=C(NCCCCC(NS(=O)(=O)c1ccc2oc3ccccc3c2c1)C(=O)O)Nc1ccccc1. The number of carbonyl (C=O) groups is 2. The van der Waals surface area contributed by atoms with Crippen LogP contribution in [-0.4, -0.2) is 38.1 Å². The largest absolute Gasteiger partial charge is 0.480 e. The number of anilines is 1. The van der Waals surface area contributed by atoms with Crippen molar-refractivity contribution in [1.29, 1.82) is 0 Å². The van der Waals surface area contributed by atoms with E-state index in [1.807, 2.05) is 24.3 Å². The Morgan fingerprint density at radius 3 is 2.37 bits per heavy atom. The molecule has 1 unspecified atom stereocenters. The van der Waals surface area contributed by atoms with Crippen LogP contribution in [0.2, 0.25) is 0 Å². The summed E-state index contributed by atoms with van der Waals surface area (Å²) in [6.07, 6.45) is 0.963. The Bertz CT molecular complexity index is 1450. The van der Waals surface area contributed by atoms with Crippen LogP contribution in [-0.2, 0) is 14.8 Å². The summed E-state index contributed by atoms with van der Waals surface area (Å²) in [5.74, 6) is -1.27. The molecule has 4 rings (SSSR count). The number of sulfonamides is 1. The fraction of sp³-hybridized carbons (Fsp3) is 0.200. The topological polar surface area (TPSA) is 138 Å². The fourth-order valence-electron chi connectivity index (χ4n) is 3.73. The van der Waals surface area contributed by atoms with Gasteiger partial charge in [-0.1, -0.05) is 36.4 Å². The Morgan fingerprint density at radius 1 is 0.886 bits per heavy atom. The van der Waals surface area contributed by atoms with Crippen molar-refractivity contribution in [2.24, 2.45) is 0 Å². The minimum atomic E-state index is -4.09. The lowest BCUT2D eigenvalue weighted by atomic mass is 10.1. The predicted octanol–water partition coefficient (Wildman–Crippen LogP) is 4.31. The van der Waals surface area contributed by atoms with Crippen molar-refractivity contribution in [3.8, 4) is 0 Å². The molecule has 0 aliphatic carbocycles. The van der Waals surface area contributed by atoms with Crippen molar-refractivity contribution in [1.82, 2.24) is 10.0 Å². The van der Waals surface area contributed by atoms with Gasteiger partial charge in [0.05, 0.1) is 4.90 Å². The van der Waals surface area contributed by atoms with E-state index in [0.29, 0.717) is 41.6 Å². The van der Waals surface area contributed by atoms with Gasteiger partial charge in [-0.15, -0.1) is 0 Å². The van der Waals surface area contributed by atoms with Crippen LogP contribution in [0.4, 0.5) is 10.5 Å². The lowest BCUT2D eigenvalue weighted by molar-refractivity contribution is -0.139. The molecule has 0 radical (unpaired) electrons. The average molecular weight is 496 g/mol. The molecule has 0 aliphatic rings. The van der Waals surface area contributed by atoms with Crippen molar-refractivity contribution >= 4 is 49.6 Å². The number of fused-ring (bicyclic) bond motifs is 3. The monoisotopic (exact) mass is 495 g/mol. The molecule has 1 aromatic heterocycles. The second-order valence-electron chi connectivity index (χ2n) is 8.01.